The number of hydrogen-bond acceptors (Lipinski definition) is 3. The Balaban J connectivity index is 0.000000173. The Labute approximate surface area is 220 Å². The van der Waals surface area contributed by atoms with Crippen LogP contribution >= 0.6 is 11.6 Å². The molecule has 2 fully saturated rings. The van der Waals surface area contributed by atoms with Gasteiger partial charge in [-0.3, -0.25) is 4.79 Å². The third-order valence-electron chi connectivity index (χ3n) is 6.66. The first-order valence-corrected chi connectivity index (χ1v) is 13.1. The van der Waals surface area contributed by atoms with Gasteiger partial charge in [0.1, 0.15) is 11.6 Å². The minimum atomic E-state index is -3.50. The second kappa shape index (κ2) is 12.2. The normalized spacial score (nSPS) is 15.6. The predicted molar refractivity (Wildman–Crippen MR) is 141 cm³/mol. The van der Waals surface area contributed by atoms with E-state index in [2.05, 4.69) is 22.8 Å². The summed E-state index contributed by atoms with van der Waals surface area (Å²) in [4.78, 5) is 13.0. The Morgan fingerprint density at radius 2 is 1.68 bits per heavy atom. The van der Waals surface area contributed by atoms with Gasteiger partial charge in [-0.15, -0.1) is 0 Å². The van der Waals surface area contributed by atoms with Crippen molar-refractivity contribution < 1.29 is 22.7 Å². The quantitative estimate of drug-likeness (QED) is 0.322. The molecule has 1 aliphatic carbocycles. The zero-order chi connectivity index (χ0) is 26.4. The number of ether oxygens (including phenoxy) is 1. The molecule has 2 N–H and O–H groups in total. The van der Waals surface area contributed by atoms with Gasteiger partial charge in [0.05, 0.1) is 11.1 Å². The van der Waals surface area contributed by atoms with Crippen LogP contribution in [0.5, 0.6) is 5.75 Å². The standard InChI is InChI=1S/C15H20ClNO.C14H12F3NO/c16-14-11-12(3-1-8-17-9-2-10-17)4-7-15(14)18-13-5-6-13;15-12-4-3-10-7-9(1-2-11(10)8-12)5-6-14(16,17)13(18)19/h4,7,11,13H,1-3,5-6,8-10H2;1-4,7-8H,5-6H2,(H2,18,19). The van der Waals surface area contributed by atoms with Crippen LogP contribution in [-0.2, 0) is 17.6 Å². The van der Waals surface area contributed by atoms with Crippen molar-refractivity contribution in [3.05, 3.63) is 76.6 Å². The van der Waals surface area contributed by atoms with Crippen molar-refractivity contribution in [3.8, 4) is 5.75 Å². The number of halogens is 4. The summed E-state index contributed by atoms with van der Waals surface area (Å²) in [6.07, 6.45) is 5.87. The van der Waals surface area contributed by atoms with E-state index < -0.39 is 18.3 Å². The molecule has 3 aromatic carbocycles. The lowest BCUT2D eigenvalue weighted by Gasteiger charge is -2.30. The molecule has 0 radical (unpaired) electrons. The van der Waals surface area contributed by atoms with Gasteiger partial charge in [-0.25, -0.2) is 4.39 Å². The third-order valence-corrected chi connectivity index (χ3v) is 6.95. The van der Waals surface area contributed by atoms with Crippen molar-refractivity contribution in [3.63, 3.8) is 0 Å². The van der Waals surface area contributed by atoms with Gasteiger partial charge in [-0.1, -0.05) is 41.9 Å². The zero-order valence-electron chi connectivity index (χ0n) is 20.7. The molecule has 1 amide bonds. The van der Waals surface area contributed by atoms with Crippen LogP contribution < -0.4 is 10.5 Å². The molecule has 0 unspecified atom stereocenters. The summed E-state index contributed by atoms with van der Waals surface area (Å²) >= 11 is 6.25. The van der Waals surface area contributed by atoms with E-state index in [9.17, 15) is 18.0 Å². The fourth-order valence-electron chi connectivity index (χ4n) is 4.12. The Bertz CT molecular complexity index is 1230. The second-order valence-electron chi connectivity index (χ2n) is 9.78. The van der Waals surface area contributed by atoms with Crippen LogP contribution in [0, 0.1) is 5.82 Å². The average Bonchev–Trinajstić information content (AvgIpc) is 3.65. The summed E-state index contributed by atoms with van der Waals surface area (Å²) in [5, 5.41) is 2.23. The van der Waals surface area contributed by atoms with Crippen molar-refractivity contribution in [1.29, 1.82) is 0 Å². The minimum Gasteiger partial charge on any atom is -0.489 e. The van der Waals surface area contributed by atoms with Gasteiger partial charge in [0.15, 0.2) is 0 Å². The highest BCUT2D eigenvalue weighted by Crippen LogP contribution is 2.32. The summed E-state index contributed by atoms with van der Waals surface area (Å²) in [5.74, 6) is -4.61. The van der Waals surface area contributed by atoms with Crippen LogP contribution in [0.15, 0.2) is 54.6 Å². The maximum absolute atomic E-state index is 13.1. The number of aryl methyl sites for hydroxylation is 2. The highest BCUT2D eigenvalue weighted by atomic mass is 35.5. The summed E-state index contributed by atoms with van der Waals surface area (Å²) in [6, 6.07) is 15.5. The number of amides is 1. The van der Waals surface area contributed by atoms with Crippen molar-refractivity contribution in [2.24, 2.45) is 5.73 Å². The number of carbonyl (C=O) groups excluding carboxylic acids is 1. The van der Waals surface area contributed by atoms with Gasteiger partial charge in [-0.05, 0) is 104 Å². The van der Waals surface area contributed by atoms with E-state index in [4.69, 9.17) is 16.3 Å². The van der Waals surface area contributed by atoms with Gasteiger partial charge < -0.3 is 15.4 Å². The van der Waals surface area contributed by atoms with E-state index in [0.717, 1.165) is 22.6 Å². The molecule has 4 nitrogen and oxygen atoms in total. The number of alkyl halides is 2. The number of nitrogens with zero attached hydrogens (tertiary/aromatic N) is 1. The molecule has 2 aliphatic rings. The zero-order valence-corrected chi connectivity index (χ0v) is 21.5. The molecule has 1 aliphatic heterocycles. The molecule has 1 saturated carbocycles. The van der Waals surface area contributed by atoms with E-state index in [1.165, 1.54) is 63.0 Å². The van der Waals surface area contributed by atoms with Crippen molar-refractivity contribution in [2.45, 2.75) is 57.0 Å². The fraction of sp³-hybridized carbons (Fsp3) is 0.414. The molecule has 37 heavy (non-hydrogen) atoms. The number of nitrogens with two attached hydrogens (primary N) is 1. The monoisotopic (exact) mass is 532 g/mol. The molecular weight excluding hydrogens is 501 g/mol. The summed E-state index contributed by atoms with van der Waals surface area (Å²) < 4.78 is 44.9. The number of primary amides is 1. The Hall–Kier alpha value is -2.77. The van der Waals surface area contributed by atoms with Crippen LogP contribution in [0.3, 0.4) is 0 Å². The molecule has 0 spiro atoms. The highest BCUT2D eigenvalue weighted by Gasteiger charge is 2.35. The first kappa shape index (κ1) is 27.3. The molecule has 1 saturated heterocycles. The lowest BCUT2D eigenvalue weighted by atomic mass is 10.0. The van der Waals surface area contributed by atoms with Crippen molar-refractivity contribution in [1.82, 2.24) is 4.90 Å². The Kier molecular flexibility index (Phi) is 8.98. The topological polar surface area (TPSA) is 55.6 Å². The van der Waals surface area contributed by atoms with E-state index in [1.54, 1.807) is 24.3 Å². The van der Waals surface area contributed by atoms with Gasteiger partial charge in [0.2, 0.25) is 0 Å². The highest BCUT2D eigenvalue weighted by molar-refractivity contribution is 6.32. The summed E-state index contributed by atoms with van der Waals surface area (Å²) in [5.41, 5.74) is 6.59. The van der Waals surface area contributed by atoms with E-state index in [1.807, 2.05) is 6.07 Å². The second-order valence-corrected chi connectivity index (χ2v) is 10.2. The first-order valence-electron chi connectivity index (χ1n) is 12.7. The van der Waals surface area contributed by atoms with Crippen LogP contribution in [0.1, 0.15) is 43.2 Å². The SMILES string of the molecule is Clc1cc(CCCN2CCC2)ccc1OC1CC1.NC(=O)C(F)(F)CCc1ccc2cc(F)ccc2c1. The molecule has 1 heterocycles. The Morgan fingerprint density at radius 3 is 2.32 bits per heavy atom. The lowest BCUT2D eigenvalue weighted by Crippen LogP contribution is -2.37. The lowest BCUT2D eigenvalue weighted by molar-refractivity contribution is -0.142. The van der Waals surface area contributed by atoms with Gasteiger partial charge in [0, 0.05) is 6.42 Å². The number of rotatable bonds is 10. The van der Waals surface area contributed by atoms with Crippen LogP contribution in [-0.4, -0.2) is 42.5 Å². The molecule has 198 valence electrons. The molecule has 3 aromatic rings. The number of benzene rings is 3. The molecule has 0 atom stereocenters. The van der Waals surface area contributed by atoms with E-state index >= 15 is 0 Å². The van der Waals surface area contributed by atoms with Gasteiger partial charge in [-0.2, -0.15) is 8.78 Å². The van der Waals surface area contributed by atoms with Crippen LogP contribution in [0.4, 0.5) is 13.2 Å². The molecule has 0 aromatic heterocycles. The van der Waals surface area contributed by atoms with Crippen molar-refractivity contribution in [2.75, 3.05) is 19.6 Å². The van der Waals surface area contributed by atoms with Crippen molar-refractivity contribution >= 4 is 28.3 Å². The number of carbonyl (C=O) groups is 1. The van der Waals surface area contributed by atoms with Crippen LogP contribution in [0.25, 0.3) is 10.8 Å². The van der Waals surface area contributed by atoms with E-state index in [-0.39, 0.29) is 12.2 Å². The largest absolute Gasteiger partial charge is 0.489 e. The maximum Gasteiger partial charge on any atom is 0.324 e. The molecule has 0 bridgehead atoms. The number of likely N-dealkylation sites (tertiary alicyclic amines) is 1. The summed E-state index contributed by atoms with van der Waals surface area (Å²) in [7, 11) is 0. The third kappa shape index (κ3) is 8.11. The molecule has 5 rings (SSSR count). The van der Waals surface area contributed by atoms with E-state index in [0.29, 0.717) is 17.1 Å². The first-order chi connectivity index (χ1) is 17.7. The molecular formula is C29H32ClF3N2O2. The minimum absolute atomic E-state index is 0.0310. The summed E-state index contributed by atoms with van der Waals surface area (Å²) in [6.45, 7) is 3.79. The predicted octanol–water partition coefficient (Wildman–Crippen LogP) is 6.55. The van der Waals surface area contributed by atoms with Crippen LogP contribution in [0.2, 0.25) is 5.02 Å². The van der Waals surface area contributed by atoms with Gasteiger partial charge in [0.25, 0.3) is 5.91 Å². The maximum atomic E-state index is 13.1. The van der Waals surface area contributed by atoms with Gasteiger partial charge >= 0.3 is 5.92 Å². The average molecular weight is 533 g/mol. The number of fused-ring (bicyclic) bond motifs is 1. The molecule has 8 heteroatoms. The Morgan fingerprint density at radius 1 is 1.00 bits per heavy atom. The smallest absolute Gasteiger partial charge is 0.324 e. The fourth-order valence-corrected chi connectivity index (χ4v) is 4.37. The number of hydrogen-bond donors (Lipinski definition) is 1.